The molecule has 3 aromatic carbocycles. The summed E-state index contributed by atoms with van der Waals surface area (Å²) in [6.07, 6.45) is 0. The molecule has 2 N–H and O–H groups in total. The second kappa shape index (κ2) is 9.36. The Morgan fingerprint density at radius 1 is 0.821 bits per heavy atom. The van der Waals surface area contributed by atoms with Crippen molar-refractivity contribution in [3.05, 3.63) is 84.4 Å². The van der Waals surface area contributed by atoms with Gasteiger partial charge in [-0.1, -0.05) is 30.3 Å². The molecule has 3 rings (SSSR count). The van der Waals surface area contributed by atoms with E-state index in [1.807, 2.05) is 30.3 Å². The number of alkyl halides is 2. The van der Waals surface area contributed by atoms with Crippen molar-refractivity contribution in [3.8, 4) is 17.2 Å². The van der Waals surface area contributed by atoms with Crippen LogP contribution in [0.5, 0.6) is 17.2 Å². The summed E-state index contributed by atoms with van der Waals surface area (Å²) < 4.78 is 34.2. The number of hydrogen-bond acceptors (Lipinski definition) is 3. The van der Waals surface area contributed by atoms with E-state index < -0.39 is 6.61 Å². The number of amides is 2. The van der Waals surface area contributed by atoms with Crippen LogP contribution in [0.25, 0.3) is 0 Å². The van der Waals surface area contributed by atoms with E-state index in [0.717, 1.165) is 11.3 Å². The quantitative estimate of drug-likeness (QED) is 0.573. The third-order valence-electron chi connectivity index (χ3n) is 3.69. The molecule has 2 amide bonds. The van der Waals surface area contributed by atoms with E-state index in [1.165, 1.54) is 12.1 Å². The summed E-state index contributed by atoms with van der Waals surface area (Å²) in [5.74, 6) is 1.45. The number of rotatable bonds is 7. The summed E-state index contributed by atoms with van der Waals surface area (Å²) in [6.45, 7) is -2.62. The van der Waals surface area contributed by atoms with Gasteiger partial charge in [-0.05, 0) is 54.1 Å². The predicted molar refractivity (Wildman–Crippen MR) is 102 cm³/mol. The van der Waals surface area contributed by atoms with Crippen LogP contribution in [-0.4, -0.2) is 12.6 Å². The second-order valence-corrected chi connectivity index (χ2v) is 5.77. The molecule has 0 aliphatic heterocycles. The van der Waals surface area contributed by atoms with Crippen LogP contribution >= 0.6 is 0 Å². The Morgan fingerprint density at radius 2 is 1.43 bits per heavy atom. The maximum absolute atomic E-state index is 12.1. The average molecular weight is 384 g/mol. The minimum Gasteiger partial charge on any atom is -0.457 e. The van der Waals surface area contributed by atoms with Gasteiger partial charge in [0.05, 0.1) is 0 Å². The zero-order valence-corrected chi connectivity index (χ0v) is 14.8. The third kappa shape index (κ3) is 5.98. The first kappa shape index (κ1) is 19.2. The van der Waals surface area contributed by atoms with Gasteiger partial charge in [-0.25, -0.2) is 4.79 Å². The van der Waals surface area contributed by atoms with E-state index >= 15 is 0 Å². The Kier molecular flexibility index (Phi) is 6.41. The van der Waals surface area contributed by atoms with E-state index in [9.17, 15) is 13.6 Å². The van der Waals surface area contributed by atoms with E-state index in [-0.39, 0.29) is 18.3 Å². The van der Waals surface area contributed by atoms with Crippen LogP contribution in [-0.2, 0) is 6.54 Å². The molecule has 0 saturated carbocycles. The van der Waals surface area contributed by atoms with E-state index in [0.29, 0.717) is 11.4 Å². The normalized spacial score (nSPS) is 10.4. The number of carbonyl (C=O) groups excluding carboxylic acids is 1. The molecule has 144 valence electrons. The van der Waals surface area contributed by atoms with Gasteiger partial charge in [-0.2, -0.15) is 8.78 Å². The Morgan fingerprint density at radius 3 is 2.07 bits per heavy atom. The number of nitrogens with one attached hydrogen (secondary N) is 2. The van der Waals surface area contributed by atoms with E-state index in [2.05, 4.69) is 15.4 Å². The van der Waals surface area contributed by atoms with Crippen molar-refractivity contribution >= 4 is 11.7 Å². The molecule has 0 bridgehead atoms. The Labute approximate surface area is 160 Å². The molecule has 0 unspecified atom stereocenters. The van der Waals surface area contributed by atoms with Crippen LogP contribution in [0.3, 0.4) is 0 Å². The van der Waals surface area contributed by atoms with Gasteiger partial charge in [0.25, 0.3) is 0 Å². The first-order chi connectivity index (χ1) is 13.6. The minimum atomic E-state index is -2.86. The molecule has 0 spiro atoms. The highest BCUT2D eigenvalue weighted by Gasteiger charge is 2.05. The standard InChI is InChI=1S/C21H18F2N2O3/c22-20(23)28-19-10-6-15(7-11-19)14-24-21(26)25-16-8-12-18(13-9-16)27-17-4-2-1-3-5-17/h1-13,20H,14H2,(H2,24,25,26). The number of halogens is 2. The second-order valence-electron chi connectivity index (χ2n) is 5.77. The number of carbonyl (C=O) groups is 1. The lowest BCUT2D eigenvalue weighted by Gasteiger charge is -2.10. The predicted octanol–water partition coefficient (Wildman–Crippen LogP) is 5.40. The topological polar surface area (TPSA) is 59.6 Å². The number of urea groups is 1. The maximum atomic E-state index is 12.1. The van der Waals surface area contributed by atoms with Gasteiger partial charge in [-0.15, -0.1) is 0 Å². The van der Waals surface area contributed by atoms with E-state index in [1.54, 1.807) is 36.4 Å². The average Bonchev–Trinajstić information content (AvgIpc) is 2.69. The summed E-state index contributed by atoms with van der Waals surface area (Å²) in [6, 6.07) is 22.0. The van der Waals surface area contributed by atoms with Crippen LogP contribution in [0.15, 0.2) is 78.9 Å². The van der Waals surface area contributed by atoms with Crippen LogP contribution in [0, 0.1) is 0 Å². The number of anilines is 1. The fraction of sp³-hybridized carbons (Fsp3) is 0.0952. The Balaban J connectivity index is 1.46. The van der Waals surface area contributed by atoms with Gasteiger partial charge >= 0.3 is 12.6 Å². The summed E-state index contributed by atoms with van der Waals surface area (Å²) >= 11 is 0. The van der Waals surface area contributed by atoms with Crippen LogP contribution in [0.1, 0.15) is 5.56 Å². The molecule has 0 aliphatic rings. The summed E-state index contributed by atoms with van der Waals surface area (Å²) in [4.78, 5) is 12.0. The molecule has 0 saturated heterocycles. The molecule has 28 heavy (non-hydrogen) atoms. The van der Waals surface area contributed by atoms with Crippen molar-refractivity contribution in [2.75, 3.05) is 5.32 Å². The van der Waals surface area contributed by atoms with Crippen molar-refractivity contribution < 1.29 is 23.0 Å². The van der Waals surface area contributed by atoms with Crippen molar-refractivity contribution in [2.45, 2.75) is 13.2 Å². The molecular weight excluding hydrogens is 366 g/mol. The number of ether oxygens (including phenoxy) is 2. The number of benzene rings is 3. The molecule has 7 heteroatoms. The van der Waals surface area contributed by atoms with Crippen LogP contribution < -0.4 is 20.1 Å². The molecule has 3 aromatic rings. The molecule has 0 radical (unpaired) electrons. The Bertz CT molecular complexity index is 886. The first-order valence-electron chi connectivity index (χ1n) is 8.50. The lowest BCUT2D eigenvalue weighted by atomic mass is 10.2. The van der Waals surface area contributed by atoms with Gasteiger partial charge in [0, 0.05) is 12.2 Å². The SMILES string of the molecule is O=C(NCc1ccc(OC(F)F)cc1)Nc1ccc(Oc2ccccc2)cc1. The van der Waals surface area contributed by atoms with Crippen molar-refractivity contribution in [1.82, 2.24) is 5.32 Å². The monoisotopic (exact) mass is 384 g/mol. The molecule has 0 aliphatic carbocycles. The van der Waals surface area contributed by atoms with Gasteiger partial charge in [-0.3, -0.25) is 0 Å². The zero-order chi connectivity index (χ0) is 19.8. The summed E-state index contributed by atoms with van der Waals surface area (Å²) in [5, 5.41) is 5.40. The largest absolute Gasteiger partial charge is 0.457 e. The lowest BCUT2D eigenvalue weighted by Crippen LogP contribution is -2.28. The highest BCUT2D eigenvalue weighted by atomic mass is 19.3. The van der Waals surface area contributed by atoms with Gasteiger partial charge in [0.1, 0.15) is 17.2 Å². The smallest absolute Gasteiger partial charge is 0.387 e. The van der Waals surface area contributed by atoms with Crippen molar-refractivity contribution in [1.29, 1.82) is 0 Å². The number of hydrogen-bond donors (Lipinski definition) is 2. The molecule has 5 nitrogen and oxygen atoms in total. The third-order valence-corrected chi connectivity index (χ3v) is 3.69. The molecule has 0 fully saturated rings. The molecule has 0 atom stereocenters. The zero-order valence-electron chi connectivity index (χ0n) is 14.8. The highest BCUT2D eigenvalue weighted by molar-refractivity contribution is 5.89. The molecule has 0 aromatic heterocycles. The fourth-order valence-corrected chi connectivity index (χ4v) is 2.38. The van der Waals surface area contributed by atoms with Gasteiger partial charge in [0.15, 0.2) is 0 Å². The Hall–Kier alpha value is -3.61. The minimum absolute atomic E-state index is 0.0704. The molecule has 0 heterocycles. The van der Waals surface area contributed by atoms with Crippen LogP contribution in [0.2, 0.25) is 0 Å². The highest BCUT2D eigenvalue weighted by Crippen LogP contribution is 2.22. The fourth-order valence-electron chi connectivity index (χ4n) is 2.38. The van der Waals surface area contributed by atoms with Crippen molar-refractivity contribution in [3.63, 3.8) is 0 Å². The van der Waals surface area contributed by atoms with Crippen molar-refractivity contribution in [2.24, 2.45) is 0 Å². The summed E-state index contributed by atoms with van der Waals surface area (Å²) in [7, 11) is 0. The van der Waals surface area contributed by atoms with Gasteiger partial charge < -0.3 is 20.1 Å². The molecular formula is C21H18F2N2O3. The lowest BCUT2D eigenvalue weighted by molar-refractivity contribution is -0.0498. The maximum Gasteiger partial charge on any atom is 0.387 e. The van der Waals surface area contributed by atoms with Crippen LogP contribution in [0.4, 0.5) is 19.3 Å². The van der Waals surface area contributed by atoms with E-state index in [4.69, 9.17) is 4.74 Å². The first-order valence-corrected chi connectivity index (χ1v) is 8.50. The summed E-state index contributed by atoms with van der Waals surface area (Å²) in [5.41, 5.74) is 1.36. The van der Waals surface area contributed by atoms with Gasteiger partial charge in [0.2, 0.25) is 0 Å². The number of para-hydroxylation sites is 1.